The first-order valence-electron chi connectivity index (χ1n) is 5.73. The first-order chi connectivity index (χ1) is 8.11. The summed E-state index contributed by atoms with van der Waals surface area (Å²) in [4.78, 5) is 2.27. The lowest BCUT2D eigenvalue weighted by Crippen LogP contribution is -2.44. The minimum absolute atomic E-state index is 0.0102. The van der Waals surface area contributed by atoms with Crippen LogP contribution in [-0.2, 0) is 0 Å². The van der Waals surface area contributed by atoms with Crippen molar-refractivity contribution in [1.29, 1.82) is 0 Å². The van der Waals surface area contributed by atoms with Crippen LogP contribution in [0, 0.1) is 5.82 Å². The largest absolute Gasteiger partial charge is 0.506 e. The maximum absolute atomic E-state index is 13.2. The highest BCUT2D eigenvalue weighted by Gasteiger charge is 2.22. The van der Waals surface area contributed by atoms with Crippen LogP contribution >= 0.6 is 15.9 Å². The molecular formula is C12H16BrFN2O. The number of halogens is 2. The first kappa shape index (κ1) is 12.8. The van der Waals surface area contributed by atoms with E-state index in [1.807, 2.05) is 6.92 Å². The fourth-order valence-corrected chi connectivity index (χ4v) is 2.52. The molecule has 3 nitrogen and oxygen atoms in total. The van der Waals surface area contributed by atoms with Gasteiger partial charge >= 0.3 is 0 Å². The Bertz CT molecular complexity index is 408. The minimum atomic E-state index is -0.432. The number of nitrogens with zero attached hydrogens (tertiary/aromatic N) is 1. The van der Waals surface area contributed by atoms with Crippen molar-refractivity contribution in [1.82, 2.24) is 10.2 Å². The first-order valence-corrected chi connectivity index (χ1v) is 6.52. The van der Waals surface area contributed by atoms with E-state index in [1.165, 1.54) is 6.07 Å². The van der Waals surface area contributed by atoms with E-state index >= 15 is 0 Å². The van der Waals surface area contributed by atoms with Crippen molar-refractivity contribution in [3.8, 4) is 5.75 Å². The second-order valence-corrected chi connectivity index (χ2v) is 5.05. The van der Waals surface area contributed by atoms with Crippen LogP contribution in [0.25, 0.3) is 0 Å². The van der Waals surface area contributed by atoms with Crippen LogP contribution in [0.4, 0.5) is 4.39 Å². The van der Waals surface area contributed by atoms with Gasteiger partial charge in [0, 0.05) is 37.8 Å². The number of piperazine rings is 1. The Morgan fingerprint density at radius 1 is 1.41 bits per heavy atom. The Hall–Kier alpha value is -0.650. The molecule has 1 aliphatic rings. The van der Waals surface area contributed by atoms with Gasteiger partial charge in [-0.1, -0.05) is 6.07 Å². The number of phenols is 1. The average molecular weight is 303 g/mol. The zero-order chi connectivity index (χ0) is 12.4. The number of hydrogen-bond donors (Lipinski definition) is 2. The predicted octanol–water partition coefficient (Wildman–Crippen LogP) is 2.26. The van der Waals surface area contributed by atoms with E-state index in [0.29, 0.717) is 0 Å². The van der Waals surface area contributed by atoms with Crippen LogP contribution in [-0.4, -0.2) is 36.2 Å². The molecule has 1 saturated heterocycles. The summed E-state index contributed by atoms with van der Waals surface area (Å²) >= 11 is 3.07. The molecule has 0 spiro atoms. The van der Waals surface area contributed by atoms with Crippen molar-refractivity contribution in [3.63, 3.8) is 0 Å². The molecule has 0 saturated carbocycles. The normalized spacial score (nSPS) is 19.2. The Kier molecular flexibility index (Phi) is 4.01. The van der Waals surface area contributed by atoms with Crippen molar-refractivity contribution in [2.45, 2.75) is 13.0 Å². The summed E-state index contributed by atoms with van der Waals surface area (Å²) < 4.78 is 13.4. The van der Waals surface area contributed by atoms with E-state index in [2.05, 4.69) is 26.1 Å². The number of benzene rings is 1. The predicted molar refractivity (Wildman–Crippen MR) is 68.6 cm³/mol. The van der Waals surface area contributed by atoms with Gasteiger partial charge < -0.3 is 10.4 Å². The van der Waals surface area contributed by atoms with Crippen molar-refractivity contribution >= 4 is 15.9 Å². The summed E-state index contributed by atoms with van der Waals surface area (Å²) in [6, 6.07) is 3.13. The molecule has 17 heavy (non-hydrogen) atoms. The highest BCUT2D eigenvalue weighted by atomic mass is 79.9. The molecule has 94 valence electrons. The summed E-state index contributed by atoms with van der Waals surface area (Å²) in [5.41, 5.74) is 0.764. The molecule has 2 N–H and O–H groups in total. The van der Waals surface area contributed by atoms with Gasteiger partial charge in [-0.15, -0.1) is 0 Å². The Labute approximate surface area is 109 Å². The second kappa shape index (κ2) is 5.33. The summed E-state index contributed by atoms with van der Waals surface area (Å²) in [6.45, 7) is 5.82. The zero-order valence-corrected chi connectivity index (χ0v) is 11.3. The van der Waals surface area contributed by atoms with E-state index in [-0.39, 0.29) is 16.3 Å². The lowest BCUT2D eigenvalue weighted by atomic mass is 10.0. The summed E-state index contributed by atoms with van der Waals surface area (Å²) in [5.74, 6) is -0.421. The molecule has 0 unspecified atom stereocenters. The number of rotatable bonds is 2. The molecule has 0 aromatic heterocycles. The van der Waals surface area contributed by atoms with Gasteiger partial charge in [-0.25, -0.2) is 4.39 Å². The van der Waals surface area contributed by atoms with Gasteiger partial charge in [0.25, 0.3) is 0 Å². The van der Waals surface area contributed by atoms with E-state index in [9.17, 15) is 9.50 Å². The van der Waals surface area contributed by atoms with E-state index < -0.39 is 5.82 Å². The van der Waals surface area contributed by atoms with Crippen LogP contribution in [0.5, 0.6) is 5.75 Å². The highest BCUT2D eigenvalue weighted by Crippen LogP contribution is 2.35. The molecular weight excluding hydrogens is 287 g/mol. The third-order valence-corrected chi connectivity index (χ3v) is 4.00. The van der Waals surface area contributed by atoms with Crippen molar-refractivity contribution in [2.75, 3.05) is 26.2 Å². The van der Waals surface area contributed by atoms with Crippen LogP contribution in [0.1, 0.15) is 18.5 Å². The van der Waals surface area contributed by atoms with Gasteiger partial charge in [-0.05, 0) is 28.9 Å². The van der Waals surface area contributed by atoms with Crippen LogP contribution < -0.4 is 5.32 Å². The quantitative estimate of drug-likeness (QED) is 0.880. The molecule has 1 aliphatic heterocycles. The van der Waals surface area contributed by atoms with Crippen LogP contribution in [0.3, 0.4) is 0 Å². The molecule has 0 bridgehead atoms. The highest BCUT2D eigenvalue weighted by molar-refractivity contribution is 9.10. The van der Waals surface area contributed by atoms with Gasteiger partial charge in [0.1, 0.15) is 11.6 Å². The molecule has 1 aromatic carbocycles. The van der Waals surface area contributed by atoms with Crippen LogP contribution in [0.2, 0.25) is 0 Å². The maximum Gasteiger partial charge on any atom is 0.141 e. The monoisotopic (exact) mass is 302 g/mol. The van der Waals surface area contributed by atoms with Crippen molar-refractivity contribution in [2.24, 2.45) is 0 Å². The number of nitrogens with one attached hydrogen (secondary N) is 1. The number of hydrogen-bond acceptors (Lipinski definition) is 3. The zero-order valence-electron chi connectivity index (χ0n) is 9.71. The Morgan fingerprint density at radius 3 is 2.71 bits per heavy atom. The van der Waals surface area contributed by atoms with Gasteiger partial charge in [-0.2, -0.15) is 0 Å². The molecule has 0 radical (unpaired) electrons. The van der Waals surface area contributed by atoms with Gasteiger partial charge in [0.05, 0.1) is 4.47 Å². The molecule has 1 atom stereocenters. The second-order valence-electron chi connectivity index (χ2n) is 4.26. The van der Waals surface area contributed by atoms with Crippen molar-refractivity contribution in [3.05, 3.63) is 28.0 Å². The lowest BCUT2D eigenvalue weighted by Gasteiger charge is -2.33. The topological polar surface area (TPSA) is 35.5 Å². The minimum Gasteiger partial charge on any atom is -0.506 e. The maximum atomic E-state index is 13.2. The van der Waals surface area contributed by atoms with E-state index in [1.54, 1.807) is 6.07 Å². The molecule has 0 aliphatic carbocycles. The molecule has 1 heterocycles. The van der Waals surface area contributed by atoms with Crippen LogP contribution in [0.15, 0.2) is 16.6 Å². The van der Waals surface area contributed by atoms with E-state index in [0.717, 1.165) is 31.7 Å². The lowest BCUT2D eigenvalue weighted by molar-refractivity contribution is 0.182. The number of aromatic hydroxyl groups is 1. The fraction of sp³-hybridized carbons (Fsp3) is 0.500. The molecule has 2 rings (SSSR count). The van der Waals surface area contributed by atoms with Gasteiger partial charge in [0.2, 0.25) is 0 Å². The standard InChI is InChI=1S/C12H16BrFN2O/c1-8(16-6-4-15-5-7-16)9-2-3-10(14)11(13)12(9)17/h2-3,8,15,17H,4-7H2,1H3/t8-/m1/s1. The smallest absolute Gasteiger partial charge is 0.141 e. The van der Waals surface area contributed by atoms with Crippen molar-refractivity contribution < 1.29 is 9.50 Å². The summed E-state index contributed by atoms with van der Waals surface area (Å²) in [5, 5.41) is 13.2. The molecule has 5 heteroatoms. The summed E-state index contributed by atoms with van der Waals surface area (Å²) in [7, 11) is 0. The average Bonchev–Trinajstić information content (AvgIpc) is 2.36. The van der Waals surface area contributed by atoms with Gasteiger partial charge in [0.15, 0.2) is 0 Å². The fourth-order valence-electron chi connectivity index (χ4n) is 2.16. The number of phenolic OH excluding ortho intramolecular Hbond substituents is 1. The van der Waals surface area contributed by atoms with E-state index in [4.69, 9.17) is 0 Å². The summed E-state index contributed by atoms with van der Waals surface area (Å²) in [6.07, 6.45) is 0. The Balaban J connectivity index is 2.24. The SMILES string of the molecule is C[C@H](c1ccc(F)c(Br)c1O)N1CCNCC1. The third-order valence-electron chi connectivity index (χ3n) is 3.25. The molecule has 1 aromatic rings. The molecule has 1 fully saturated rings. The molecule has 0 amide bonds. The Morgan fingerprint density at radius 2 is 2.06 bits per heavy atom. The van der Waals surface area contributed by atoms with Gasteiger partial charge in [-0.3, -0.25) is 4.90 Å². The third kappa shape index (κ3) is 2.61.